The number of ether oxygens (including phenoxy) is 2. The standard InChI is InChI=1S/C36H47N7O4/c1-23-22-42(18-19-43(23)33(45)47-34(2,3)4)32(44)31-37-27-11-8-24(12-13-36(46-7)16-14-35(5,6)15-17-36)20-26(27)30(39-31)38-29-21-28(40-41-29)25-9-10-25/h8,11,20-21,23,25H,9-10,14-19,22H2,1-7H3,(H2,37,38,39,40,41)/t23-/m1/s1. The maximum Gasteiger partial charge on any atom is 0.410 e. The number of rotatable bonds is 5. The van der Waals surface area contributed by atoms with E-state index in [4.69, 9.17) is 19.4 Å². The van der Waals surface area contributed by atoms with Gasteiger partial charge in [0.25, 0.3) is 5.91 Å². The van der Waals surface area contributed by atoms with Crippen molar-refractivity contribution in [3.63, 3.8) is 0 Å². The predicted molar refractivity (Wildman–Crippen MR) is 181 cm³/mol. The molecule has 2 aromatic heterocycles. The number of carbonyl (C=O) groups is 2. The third-order valence-corrected chi connectivity index (χ3v) is 9.53. The number of H-pyrrole nitrogens is 1. The molecule has 11 nitrogen and oxygen atoms in total. The van der Waals surface area contributed by atoms with Gasteiger partial charge in [0.2, 0.25) is 5.82 Å². The van der Waals surface area contributed by atoms with E-state index in [-0.39, 0.29) is 23.9 Å². The van der Waals surface area contributed by atoms with Crippen LogP contribution in [0.5, 0.6) is 0 Å². The zero-order valence-corrected chi connectivity index (χ0v) is 28.7. The summed E-state index contributed by atoms with van der Waals surface area (Å²) in [5.41, 5.74) is 1.77. The van der Waals surface area contributed by atoms with E-state index in [0.717, 1.165) is 55.2 Å². The molecule has 3 fully saturated rings. The van der Waals surface area contributed by atoms with Crippen molar-refractivity contribution in [1.29, 1.82) is 0 Å². The number of carbonyl (C=O) groups excluding carboxylic acids is 2. The largest absolute Gasteiger partial charge is 0.444 e. The third kappa shape index (κ3) is 7.54. The van der Waals surface area contributed by atoms with Crippen molar-refractivity contribution in [2.75, 3.05) is 32.1 Å². The van der Waals surface area contributed by atoms with Crippen LogP contribution >= 0.6 is 0 Å². The first-order valence-corrected chi connectivity index (χ1v) is 16.7. The van der Waals surface area contributed by atoms with Crippen LogP contribution in [0.1, 0.15) is 108 Å². The summed E-state index contributed by atoms with van der Waals surface area (Å²) < 4.78 is 11.5. The molecule has 0 spiro atoms. The normalized spacial score (nSPS) is 20.8. The van der Waals surface area contributed by atoms with Crippen molar-refractivity contribution in [1.82, 2.24) is 30.0 Å². The van der Waals surface area contributed by atoms with E-state index in [1.807, 2.05) is 52.0 Å². The topological polar surface area (TPSA) is 126 Å². The van der Waals surface area contributed by atoms with Gasteiger partial charge in [-0.05, 0) is 89.8 Å². The zero-order chi connectivity index (χ0) is 33.6. The number of aromatic nitrogens is 4. The van der Waals surface area contributed by atoms with Crippen LogP contribution in [0.4, 0.5) is 16.4 Å². The van der Waals surface area contributed by atoms with Crippen molar-refractivity contribution in [2.24, 2.45) is 5.41 Å². The maximum absolute atomic E-state index is 13.8. The van der Waals surface area contributed by atoms with Gasteiger partial charge in [-0.3, -0.25) is 9.89 Å². The first-order chi connectivity index (χ1) is 22.2. The lowest BCUT2D eigenvalue weighted by Gasteiger charge is -2.39. The molecule has 1 aromatic carbocycles. The molecule has 2 aliphatic carbocycles. The SMILES string of the molecule is COC1(C#Cc2ccc3nc(C(=O)N4CCN(C(=O)OC(C)(C)C)[C@H](C)C4)nc(Nc4cc(C5CC5)[nH]n4)c3c2)CCC(C)(C)CC1. The molecule has 2 N–H and O–H groups in total. The quantitative estimate of drug-likeness (QED) is 0.307. The molecule has 1 aliphatic heterocycles. The fraction of sp³-hybridized carbons (Fsp3) is 0.583. The molecule has 3 aromatic rings. The van der Waals surface area contributed by atoms with E-state index < -0.39 is 11.2 Å². The van der Waals surface area contributed by atoms with Crippen molar-refractivity contribution < 1.29 is 19.1 Å². The Morgan fingerprint density at radius 1 is 1.06 bits per heavy atom. The first-order valence-electron chi connectivity index (χ1n) is 16.7. The zero-order valence-electron chi connectivity index (χ0n) is 28.7. The number of anilines is 2. The van der Waals surface area contributed by atoms with Crippen molar-refractivity contribution in [3.8, 4) is 11.8 Å². The van der Waals surface area contributed by atoms with E-state index >= 15 is 0 Å². The number of benzene rings is 1. The second kappa shape index (κ2) is 12.5. The van der Waals surface area contributed by atoms with Crippen LogP contribution in [0.25, 0.3) is 10.9 Å². The summed E-state index contributed by atoms with van der Waals surface area (Å²) in [7, 11) is 1.75. The summed E-state index contributed by atoms with van der Waals surface area (Å²) in [6, 6.07) is 7.55. The summed E-state index contributed by atoms with van der Waals surface area (Å²) in [6.45, 7) is 13.1. The summed E-state index contributed by atoms with van der Waals surface area (Å²) >= 11 is 0. The molecule has 250 valence electrons. The van der Waals surface area contributed by atoms with Crippen LogP contribution in [0.3, 0.4) is 0 Å². The Morgan fingerprint density at radius 3 is 2.47 bits per heavy atom. The molecule has 6 rings (SSSR count). The maximum atomic E-state index is 13.8. The summed E-state index contributed by atoms with van der Waals surface area (Å²) in [4.78, 5) is 39.4. The molecular weight excluding hydrogens is 594 g/mol. The number of hydrogen-bond acceptors (Lipinski definition) is 8. The number of nitrogens with one attached hydrogen (secondary N) is 2. The average Bonchev–Trinajstić information content (AvgIpc) is 3.77. The summed E-state index contributed by atoms with van der Waals surface area (Å²) in [5, 5.41) is 11.7. The van der Waals surface area contributed by atoms with Gasteiger partial charge < -0.3 is 24.6 Å². The Labute approximate surface area is 277 Å². The molecule has 11 heteroatoms. The van der Waals surface area contributed by atoms with Crippen LogP contribution in [-0.4, -0.2) is 86.0 Å². The van der Waals surface area contributed by atoms with Gasteiger partial charge in [0, 0.05) is 61.4 Å². The van der Waals surface area contributed by atoms with Gasteiger partial charge in [0.15, 0.2) is 5.82 Å². The third-order valence-electron chi connectivity index (χ3n) is 9.53. The molecule has 0 unspecified atom stereocenters. The lowest BCUT2D eigenvalue weighted by atomic mass is 9.71. The Kier molecular flexibility index (Phi) is 8.68. The van der Waals surface area contributed by atoms with Gasteiger partial charge in [-0.2, -0.15) is 5.10 Å². The predicted octanol–water partition coefficient (Wildman–Crippen LogP) is 6.39. The number of fused-ring (bicyclic) bond motifs is 1. The fourth-order valence-corrected chi connectivity index (χ4v) is 6.29. The Bertz CT molecular complexity index is 1720. The number of aromatic amines is 1. The van der Waals surface area contributed by atoms with Crippen LogP contribution in [0.2, 0.25) is 0 Å². The average molecular weight is 642 g/mol. The van der Waals surface area contributed by atoms with Gasteiger partial charge in [-0.1, -0.05) is 25.7 Å². The van der Waals surface area contributed by atoms with Crippen LogP contribution in [0.15, 0.2) is 24.3 Å². The number of piperazine rings is 1. The smallest absolute Gasteiger partial charge is 0.410 e. The number of hydrogen-bond donors (Lipinski definition) is 2. The second-order valence-electron chi connectivity index (χ2n) is 15.1. The van der Waals surface area contributed by atoms with E-state index in [2.05, 4.69) is 41.2 Å². The van der Waals surface area contributed by atoms with E-state index in [1.54, 1.807) is 16.9 Å². The molecule has 0 radical (unpaired) electrons. The molecule has 1 atom stereocenters. The van der Waals surface area contributed by atoms with Gasteiger partial charge in [0.05, 0.1) is 5.52 Å². The van der Waals surface area contributed by atoms with Gasteiger partial charge in [-0.15, -0.1) is 0 Å². The van der Waals surface area contributed by atoms with Crippen molar-refractivity contribution in [2.45, 2.75) is 103 Å². The second-order valence-corrected chi connectivity index (χ2v) is 15.1. The minimum Gasteiger partial charge on any atom is -0.444 e. The molecule has 2 amide bonds. The molecule has 2 saturated carbocycles. The van der Waals surface area contributed by atoms with Gasteiger partial charge in [0.1, 0.15) is 17.0 Å². The minimum atomic E-state index is -0.594. The van der Waals surface area contributed by atoms with Crippen molar-refractivity contribution in [3.05, 3.63) is 41.3 Å². The number of amides is 2. The fourth-order valence-electron chi connectivity index (χ4n) is 6.29. The monoisotopic (exact) mass is 641 g/mol. The molecule has 3 aliphatic rings. The highest BCUT2D eigenvalue weighted by molar-refractivity contribution is 5.97. The summed E-state index contributed by atoms with van der Waals surface area (Å²) in [5.74, 6) is 8.23. The van der Waals surface area contributed by atoms with Gasteiger partial charge >= 0.3 is 6.09 Å². The molecular formula is C36H47N7O4. The molecule has 0 bridgehead atoms. The van der Waals surface area contributed by atoms with E-state index in [0.29, 0.717) is 48.1 Å². The highest BCUT2D eigenvalue weighted by Crippen LogP contribution is 2.42. The Morgan fingerprint density at radius 2 is 1.81 bits per heavy atom. The van der Waals surface area contributed by atoms with E-state index in [9.17, 15) is 9.59 Å². The Hall–Kier alpha value is -4.17. The van der Waals surface area contributed by atoms with Gasteiger partial charge in [-0.25, -0.2) is 14.8 Å². The van der Waals surface area contributed by atoms with Crippen LogP contribution in [0, 0.1) is 17.3 Å². The summed E-state index contributed by atoms with van der Waals surface area (Å²) in [6.07, 6.45) is 5.84. The highest BCUT2D eigenvalue weighted by Gasteiger charge is 2.37. The highest BCUT2D eigenvalue weighted by atomic mass is 16.6. The molecule has 1 saturated heterocycles. The lowest BCUT2D eigenvalue weighted by molar-refractivity contribution is -0.0162. The van der Waals surface area contributed by atoms with Crippen LogP contribution < -0.4 is 5.32 Å². The van der Waals surface area contributed by atoms with E-state index in [1.165, 1.54) is 0 Å². The van der Waals surface area contributed by atoms with Crippen LogP contribution in [-0.2, 0) is 9.47 Å². The minimum absolute atomic E-state index is 0.0814. The first kappa shape index (κ1) is 32.8. The Balaban J connectivity index is 1.28. The molecule has 3 heterocycles. The van der Waals surface area contributed by atoms with Crippen molar-refractivity contribution >= 4 is 34.5 Å². The number of nitrogens with zero attached hydrogens (tertiary/aromatic N) is 5. The lowest BCUT2D eigenvalue weighted by Crippen LogP contribution is -2.56. The molecule has 47 heavy (non-hydrogen) atoms. The number of methoxy groups -OCH3 is 1.